The monoisotopic (exact) mass is 454 g/mol. The van der Waals surface area contributed by atoms with Gasteiger partial charge < -0.3 is 10.1 Å². The number of aromatic nitrogens is 5. The van der Waals surface area contributed by atoms with E-state index in [1.165, 1.54) is 23.1 Å². The summed E-state index contributed by atoms with van der Waals surface area (Å²) in [6.45, 7) is 1.40. The standard InChI is InChI=1S/C15H15BrN6O2S2/c16-9-3-4-11-12(6-9)26-14(17-11)18-13(23)8-25-15-19-20-21-22(15)7-10-2-1-5-24-10/h3-4,6,10H,1-2,5,7-8H2,(H,17,18,23)/t10-/m0/s1. The van der Waals surface area contributed by atoms with Gasteiger partial charge >= 0.3 is 0 Å². The zero-order valence-corrected chi connectivity index (χ0v) is 16.8. The second-order valence-electron chi connectivity index (χ2n) is 5.75. The number of anilines is 1. The molecular formula is C15H15BrN6O2S2. The third-order valence-electron chi connectivity index (χ3n) is 3.83. The highest BCUT2D eigenvalue weighted by atomic mass is 79.9. The second-order valence-corrected chi connectivity index (χ2v) is 8.64. The topological polar surface area (TPSA) is 94.8 Å². The molecule has 8 nitrogen and oxygen atoms in total. The Hall–Kier alpha value is -1.56. The summed E-state index contributed by atoms with van der Waals surface area (Å²) in [5, 5.41) is 15.7. The van der Waals surface area contributed by atoms with E-state index in [2.05, 4.69) is 41.8 Å². The molecule has 3 aromatic rings. The van der Waals surface area contributed by atoms with Gasteiger partial charge in [0, 0.05) is 11.1 Å². The van der Waals surface area contributed by atoms with E-state index >= 15 is 0 Å². The highest BCUT2D eigenvalue weighted by Gasteiger charge is 2.19. The number of rotatable bonds is 6. The quantitative estimate of drug-likeness (QED) is 0.571. The van der Waals surface area contributed by atoms with Crippen LogP contribution in [0.3, 0.4) is 0 Å². The van der Waals surface area contributed by atoms with Crippen molar-refractivity contribution in [2.45, 2.75) is 30.6 Å². The lowest BCUT2D eigenvalue weighted by atomic mass is 10.2. The molecule has 1 aliphatic heterocycles. The molecule has 2 aromatic heterocycles. The first-order valence-electron chi connectivity index (χ1n) is 8.04. The number of ether oxygens (including phenoxy) is 1. The van der Waals surface area contributed by atoms with Crippen molar-refractivity contribution in [1.29, 1.82) is 0 Å². The van der Waals surface area contributed by atoms with Gasteiger partial charge in [-0.05, 0) is 41.5 Å². The van der Waals surface area contributed by atoms with E-state index in [0.717, 1.165) is 34.1 Å². The molecule has 1 aromatic carbocycles. The number of amides is 1. The first kappa shape index (κ1) is 17.8. The molecule has 4 rings (SSSR count). The normalized spacial score (nSPS) is 17.0. The lowest BCUT2D eigenvalue weighted by molar-refractivity contribution is -0.113. The zero-order chi connectivity index (χ0) is 17.9. The number of nitrogens with zero attached hydrogens (tertiary/aromatic N) is 5. The Kier molecular flexibility index (Phi) is 5.48. The average Bonchev–Trinajstić information content (AvgIpc) is 3.34. The van der Waals surface area contributed by atoms with Crippen molar-refractivity contribution in [2.24, 2.45) is 0 Å². The SMILES string of the molecule is O=C(CSc1nnnn1C[C@@H]1CCCO1)Nc1nc2ccc(Br)cc2s1. The van der Waals surface area contributed by atoms with Crippen molar-refractivity contribution in [3.8, 4) is 0 Å². The summed E-state index contributed by atoms with van der Waals surface area (Å²) in [5.41, 5.74) is 0.863. The smallest absolute Gasteiger partial charge is 0.236 e. The van der Waals surface area contributed by atoms with Crippen molar-refractivity contribution in [1.82, 2.24) is 25.2 Å². The van der Waals surface area contributed by atoms with Gasteiger partial charge in [-0.2, -0.15) is 0 Å². The average molecular weight is 455 g/mol. The number of thioether (sulfide) groups is 1. The lowest BCUT2D eigenvalue weighted by Crippen LogP contribution is -2.18. The number of benzene rings is 1. The molecule has 136 valence electrons. The van der Waals surface area contributed by atoms with E-state index in [0.29, 0.717) is 16.8 Å². The maximum Gasteiger partial charge on any atom is 0.236 e. The first-order chi connectivity index (χ1) is 12.7. The Labute approximate surface area is 165 Å². The van der Waals surface area contributed by atoms with E-state index in [1.54, 1.807) is 4.68 Å². The van der Waals surface area contributed by atoms with E-state index in [4.69, 9.17) is 4.74 Å². The summed E-state index contributed by atoms with van der Waals surface area (Å²) < 4.78 is 9.31. The maximum absolute atomic E-state index is 12.2. The molecule has 0 spiro atoms. The summed E-state index contributed by atoms with van der Waals surface area (Å²) >= 11 is 6.18. The van der Waals surface area contributed by atoms with Crippen LogP contribution in [0.4, 0.5) is 5.13 Å². The van der Waals surface area contributed by atoms with E-state index in [9.17, 15) is 4.79 Å². The second kappa shape index (κ2) is 7.99. The summed E-state index contributed by atoms with van der Waals surface area (Å²) in [6, 6.07) is 5.83. The number of carbonyl (C=O) groups is 1. The zero-order valence-electron chi connectivity index (χ0n) is 13.6. The lowest BCUT2D eigenvalue weighted by Gasteiger charge is -2.09. The van der Waals surface area contributed by atoms with Crippen LogP contribution in [-0.2, 0) is 16.1 Å². The number of thiazole rings is 1. The molecular weight excluding hydrogens is 440 g/mol. The highest BCUT2D eigenvalue weighted by Crippen LogP contribution is 2.28. The van der Waals surface area contributed by atoms with Gasteiger partial charge in [0.25, 0.3) is 0 Å². The van der Waals surface area contributed by atoms with Gasteiger partial charge in [0.1, 0.15) is 0 Å². The molecule has 3 heterocycles. The van der Waals surface area contributed by atoms with Gasteiger partial charge in [-0.25, -0.2) is 9.67 Å². The Morgan fingerprint density at radius 3 is 3.27 bits per heavy atom. The van der Waals surface area contributed by atoms with Crippen LogP contribution in [0.2, 0.25) is 0 Å². The fraction of sp³-hybridized carbons (Fsp3) is 0.400. The van der Waals surface area contributed by atoms with Crippen LogP contribution in [0.5, 0.6) is 0 Å². The van der Waals surface area contributed by atoms with Crippen LogP contribution in [0.25, 0.3) is 10.2 Å². The van der Waals surface area contributed by atoms with Crippen molar-refractivity contribution in [3.05, 3.63) is 22.7 Å². The minimum atomic E-state index is -0.139. The molecule has 0 radical (unpaired) electrons. The maximum atomic E-state index is 12.2. The van der Waals surface area contributed by atoms with Crippen LogP contribution in [-0.4, -0.2) is 49.6 Å². The fourth-order valence-electron chi connectivity index (χ4n) is 2.63. The Balaban J connectivity index is 1.34. The first-order valence-corrected chi connectivity index (χ1v) is 10.6. The molecule has 1 amide bonds. The van der Waals surface area contributed by atoms with Gasteiger partial charge in [-0.3, -0.25) is 4.79 Å². The van der Waals surface area contributed by atoms with E-state index < -0.39 is 0 Å². The molecule has 26 heavy (non-hydrogen) atoms. The van der Waals surface area contributed by atoms with Crippen molar-refractivity contribution in [3.63, 3.8) is 0 Å². The molecule has 1 aliphatic rings. The Morgan fingerprint density at radius 1 is 1.50 bits per heavy atom. The van der Waals surface area contributed by atoms with Crippen LogP contribution >= 0.6 is 39.0 Å². The molecule has 0 unspecified atom stereocenters. The van der Waals surface area contributed by atoms with Gasteiger partial charge in [0.15, 0.2) is 5.13 Å². The predicted octanol–water partition coefficient (Wildman–Crippen LogP) is 2.96. The van der Waals surface area contributed by atoms with Gasteiger partial charge in [0.05, 0.1) is 28.6 Å². The number of hydrogen-bond acceptors (Lipinski definition) is 8. The van der Waals surface area contributed by atoms with Crippen molar-refractivity contribution < 1.29 is 9.53 Å². The molecule has 1 N–H and O–H groups in total. The number of nitrogens with one attached hydrogen (secondary N) is 1. The molecule has 0 saturated carbocycles. The van der Waals surface area contributed by atoms with Crippen LogP contribution in [0, 0.1) is 0 Å². The Bertz CT molecular complexity index is 924. The third-order valence-corrected chi connectivity index (χ3v) is 6.21. The summed E-state index contributed by atoms with van der Waals surface area (Å²) in [7, 11) is 0. The minimum Gasteiger partial charge on any atom is -0.376 e. The largest absolute Gasteiger partial charge is 0.376 e. The van der Waals surface area contributed by atoms with E-state index in [-0.39, 0.29) is 17.8 Å². The highest BCUT2D eigenvalue weighted by molar-refractivity contribution is 9.10. The number of tetrazole rings is 1. The predicted molar refractivity (Wildman–Crippen MR) is 103 cm³/mol. The van der Waals surface area contributed by atoms with Crippen molar-refractivity contribution in [2.75, 3.05) is 17.7 Å². The molecule has 1 atom stereocenters. The van der Waals surface area contributed by atoms with Crippen LogP contribution < -0.4 is 5.32 Å². The number of hydrogen-bond donors (Lipinski definition) is 1. The van der Waals surface area contributed by atoms with Gasteiger partial charge in [0.2, 0.25) is 11.1 Å². The molecule has 1 fully saturated rings. The summed E-state index contributed by atoms with van der Waals surface area (Å²) in [4.78, 5) is 16.6. The number of halogens is 1. The molecule has 11 heteroatoms. The van der Waals surface area contributed by atoms with Crippen LogP contribution in [0.15, 0.2) is 27.8 Å². The fourth-order valence-corrected chi connectivity index (χ4v) is 4.75. The third kappa shape index (κ3) is 4.22. The molecule has 0 aliphatic carbocycles. The van der Waals surface area contributed by atoms with Gasteiger partial charge in [-0.1, -0.05) is 39.0 Å². The van der Waals surface area contributed by atoms with Crippen molar-refractivity contribution >= 4 is 60.3 Å². The minimum absolute atomic E-state index is 0.139. The summed E-state index contributed by atoms with van der Waals surface area (Å²) in [6.07, 6.45) is 2.22. The summed E-state index contributed by atoms with van der Waals surface area (Å²) in [5.74, 6) is 0.0747. The van der Waals surface area contributed by atoms with E-state index in [1.807, 2.05) is 18.2 Å². The molecule has 1 saturated heterocycles. The number of fused-ring (bicyclic) bond motifs is 1. The molecule has 0 bridgehead atoms. The van der Waals surface area contributed by atoms with Crippen LogP contribution in [0.1, 0.15) is 12.8 Å². The number of carbonyl (C=O) groups excluding carboxylic acids is 1. The Morgan fingerprint density at radius 2 is 2.42 bits per heavy atom. The van der Waals surface area contributed by atoms with Gasteiger partial charge in [-0.15, -0.1) is 5.10 Å².